The fourth-order valence-electron chi connectivity index (χ4n) is 2.23. The zero-order valence-electron chi connectivity index (χ0n) is 15.1. The van der Waals surface area contributed by atoms with Crippen LogP contribution < -0.4 is 20.1 Å². The third kappa shape index (κ3) is 5.53. The van der Waals surface area contributed by atoms with E-state index in [1.54, 1.807) is 6.07 Å². The van der Waals surface area contributed by atoms with Gasteiger partial charge in [0.05, 0.1) is 12.8 Å². The predicted molar refractivity (Wildman–Crippen MR) is 97.8 cm³/mol. The molecule has 0 saturated heterocycles. The monoisotopic (exact) mass is 374 g/mol. The van der Waals surface area contributed by atoms with Crippen LogP contribution in [0, 0.1) is 5.82 Å². The van der Waals surface area contributed by atoms with Gasteiger partial charge in [0, 0.05) is 18.2 Å². The Morgan fingerprint density at radius 2 is 1.74 bits per heavy atom. The van der Waals surface area contributed by atoms with Gasteiger partial charge < -0.3 is 20.1 Å². The van der Waals surface area contributed by atoms with Crippen molar-refractivity contribution in [2.75, 3.05) is 24.4 Å². The maximum Gasteiger partial charge on any atom is 0.262 e. The van der Waals surface area contributed by atoms with Crippen LogP contribution >= 0.6 is 0 Å². The minimum absolute atomic E-state index is 0.0392. The molecular formula is C19H19FN2O5. The van der Waals surface area contributed by atoms with E-state index in [2.05, 4.69) is 10.6 Å². The Hall–Kier alpha value is -3.42. The summed E-state index contributed by atoms with van der Waals surface area (Å²) in [6.45, 7) is 2.35. The SMILES string of the molecule is COc1cc(C(C)=O)ccc1OCC(=O)Nc1ccc(F)c(NC(C)=O)c1. The van der Waals surface area contributed by atoms with Crippen molar-refractivity contribution < 1.29 is 28.2 Å². The second kappa shape index (κ2) is 8.79. The molecule has 2 amide bonds. The number of carbonyl (C=O) groups is 3. The molecule has 0 aliphatic carbocycles. The van der Waals surface area contributed by atoms with Gasteiger partial charge in [0.2, 0.25) is 5.91 Å². The standard InChI is InChI=1S/C19H19FN2O5/c1-11(23)13-4-7-17(18(8-13)26-3)27-10-19(25)22-14-5-6-15(20)16(9-14)21-12(2)24/h4-9H,10H2,1-3H3,(H,21,24)(H,22,25). The summed E-state index contributed by atoms with van der Waals surface area (Å²) >= 11 is 0. The number of benzene rings is 2. The molecule has 0 atom stereocenters. The van der Waals surface area contributed by atoms with Gasteiger partial charge in [0.1, 0.15) is 5.82 Å². The van der Waals surface area contributed by atoms with Crippen LogP contribution in [-0.4, -0.2) is 31.3 Å². The topological polar surface area (TPSA) is 93.7 Å². The number of Topliss-reactive ketones (excluding diaryl/α,β-unsaturated/α-hetero) is 1. The predicted octanol–water partition coefficient (Wildman–Crippen LogP) is 3.01. The average Bonchev–Trinajstić information content (AvgIpc) is 2.62. The molecule has 2 rings (SSSR count). The molecule has 142 valence electrons. The molecule has 0 fully saturated rings. The van der Waals surface area contributed by atoms with E-state index in [0.29, 0.717) is 22.7 Å². The number of ketones is 1. The molecule has 2 aromatic rings. The van der Waals surface area contributed by atoms with Crippen molar-refractivity contribution in [3.63, 3.8) is 0 Å². The zero-order chi connectivity index (χ0) is 20.0. The molecule has 27 heavy (non-hydrogen) atoms. The summed E-state index contributed by atoms with van der Waals surface area (Å²) in [6.07, 6.45) is 0. The van der Waals surface area contributed by atoms with E-state index in [1.165, 1.54) is 45.2 Å². The highest BCUT2D eigenvalue weighted by Crippen LogP contribution is 2.28. The van der Waals surface area contributed by atoms with Gasteiger partial charge in [0.15, 0.2) is 23.9 Å². The first-order chi connectivity index (χ1) is 12.8. The van der Waals surface area contributed by atoms with E-state index in [9.17, 15) is 18.8 Å². The van der Waals surface area contributed by atoms with Gasteiger partial charge in [-0.05, 0) is 43.3 Å². The Bertz CT molecular complexity index is 882. The van der Waals surface area contributed by atoms with E-state index in [0.717, 1.165) is 6.07 Å². The number of hydrogen-bond acceptors (Lipinski definition) is 5. The molecule has 0 aliphatic heterocycles. The maximum absolute atomic E-state index is 13.6. The number of halogens is 1. The van der Waals surface area contributed by atoms with E-state index in [4.69, 9.17) is 9.47 Å². The number of nitrogens with one attached hydrogen (secondary N) is 2. The first kappa shape index (κ1) is 19.9. The van der Waals surface area contributed by atoms with Crippen molar-refractivity contribution in [3.8, 4) is 11.5 Å². The molecule has 7 nitrogen and oxygen atoms in total. The molecule has 0 saturated carbocycles. The minimum Gasteiger partial charge on any atom is -0.493 e. The highest BCUT2D eigenvalue weighted by Gasteiger charge is 2.12. The van der Waals surface area contributed by atoms with Gasteiger partial charge in [-0.15, -0.1) is 0 Å². The molecule has 0 radical (unpaired) electrons. The fraction of sp³-hybridized carbons (Fsp3) is 0.211. The third-order valence-corrected chi connectivity index (χ3v) is 3.49. The summed E-state index contributed by atoms with van der Waals surface area (Å²) in [4.78, 5) is 34.5. The number of anilines is 2. The Kier molecular flexibility index (Phi) is 6.48. The largest absolute Gasteiger partial charge is 0.493 e. The normalized spacial score (nSPS) is 10.1. The Labute approximate surface area is 155 Å². The van der Waals surface area contributed by atoms with E-state index in [1.807, 2.05) is 0 Å². The summed E-state index contributed by atoms with van der Waals surface area (Å²) in [5.41, 5.74) is 0.718. The van der Waals surface area contributed by atoms with Gasteiger partial charge in [-0.1, -0.05) is 0 Å². The number of methoxy groups -OCH3 is 1. The van der Waals surface area contributed by atoms with Crippen LogP contribution in [0.1, 0.15) is 24.2 Å². The van der Waals surface area contributed by atoms with Crippen molar-refractivity contribution in [2.45, 2.75) is 13.8 Å². The first-order valence-electron chi connectivity index (χ1n) is 7.99. The Morgan fingerprint density at radius 3 is 2.37 bits per heavy atom. The lowest BCUT2D eigenvalue weighted by Gasteiger charge is -2.12. The summed E-state index contributed by atoms with van der Waals surface area (Å²) in [5.74, 6) is -1.03. The van der Waals surface area contributed by atoms with E-state index < -0.39 is 17.6 Å². The fourth-order valence-corrected chi connectivity index (χ4v) is 2.23. The van der Waals surface area contributed by atoms with Crippen molar-refractivity contribution >= 4 is 29.0 Å². The minimum atomic E-state index is -0.616. The van der Waals surface area contributed by atoms with Crippen LogP contribution in [0.25, 0.3) is 0 Å². The second-order valence-corrected chi connectivity index (χ2v) is 5.63. The van der Waals surface area contributed by atoms with Gasteiger partial charge >= 0.3 is 0 Å². The maximum atomic E-state index is 13.6. The Morgan fingerprint density at radius 1 is 1.00 bits per heavy atom. The number of hydrogen-bond donors (Lipinski definition) is 2. The summed E-state index contributed by atoms with van der Waals surface area (Å²) in [6, 6.07) is 8.42. The lowest BCUT2D eigenvalue weighted by Crippen LogP contribution is -2.20. The zero-order valence-corrected chi connectivity index (χ0v) is 15.1. The Balaban J connectivity index is 2.02. The van der Waals surface area contributed by atoms with E-state index in [-0.39, 0.29) is 18.1 Å². The average molecular weight is 374 g/mol. The molecule has 0 unspecified atom stereocenters. The number of ether oxygens (including phenoxy) is 2. The first-order valence-corrected chi connectivity index (χ1v) is 7.99. The smallest absolute Gasteiger partial charge is 0.262 e. The van der Waals surface area contributed by atoms with Crippen molar-refractivity contribution in [3.05, 3.63) is 47.8 Å². The summed E-state index contributed by atoms with van der Waals surface area (Å²) < 4.78 is 24.2. The van der Waals surface area contributed by atoms with Crippen LogP contribution in [-0.2, 0) is 9.59 Å². The summed E-state index contributed by atoms with van der Waals surface area (Å²) in [5, 5.41) is 4.88. The van der Waals surface area contributed by atoms with Crippen LogP contribution in [0.3, 0.4) is 0 Å². The quantitative estimate of drug-likeness (QED) is 0.727. The van der Waals surface area contributed by atoms with Crippen molar-refractivity contribution in [1.82, 2.24) is 0 Å². The van der Waals surface area contributed by atoms with Gasteiger partial charge in [-0.3, -0.25) is 14.4 Å². The van der Waals surface area contributed by atoms with Crippen LogP contribution in [0.2, 0.25) is 0 Å². The van der Waals surface area contributed by atoms with Gasteiger partial charge in [0.25, 0.3) is 5.91 Å². The summed E-state index contributed by atoms with van der Waals surface area (Å²) in [7, 11) is 1.42. The molecule has 0 spiro atoms. The van der Waals surface area contributed by atoms with E-state index >= 15 is 0 Å². The second-order valence-electron chi connectivity index (χ2n) is 5.63. The number of carbonyl (C=O) groups excluding carboxylic acids is 3. The van der Waals surface area contributed by atoms with Gasteiger partial charge in [-0.2, -0.15) is 0 Å². The van der Waals surface area contributed by atoms with Gasteiger partial charge in [-0.25, -0.2) is 4.39 Å². The van der Waals surface area contributed by atoms with Crippen molar-refractivity contribution in [1.29, 1.82) is 0 Å². The highest BCUT2D eigenvalue weighted by atomic mass is 19.1. The molecule has 0 bridgehead atoms. The number of rotatable bonds is 7. The van der Waals surface area contributed by atoms with Crippen LogP contribution in [0.15, 0.2) is 36.4 Å². The number of amides is 2. The van der Waals surface area contributed by atoms with Crippen LogP contribution in [0.4, 0.5) is 15.8 Å². The molecule has 0 aliphatic rings. The highest BCUT2D eigenvalue weighted by molar-refractivity contribution is 5.95. The third-order valence-electron chi connectivity index (χ3n) is 3.49. The molecule has 8 heteroatoms. The molecule has 2 N–H and O–H groups in total. The molecule has 0 aromatic heterocycles. The molecule has 2 aromatic carbocycles. The van der Waals surface area contributed by atoms with Crippen LogP contribution in [0.5, 0.6) is 11.5 Å². The van der Waals surface area contributed by atoms with Crippen molar-refractivity contribution in [2.24, 2.45) is 0 Å². The lowest BCUT2D eigenvalue weighted by atomic mass is 10.1. The lowest BCUT2D eigenvalue weighted by molar-refractivity contribution is -0.118. The molecule has 0 heterocycles. The molecular weight excluding hydrogens is 355 g/mol.